The highest BCUT2D eigenvalue weighted by atomic mass is 32.2. The summed E-state index contributed by atoms with van der Waals surface area (Å²) in [6, 6.07) is 15.7. The molecular weight excluding hydrogens is 1050 g/mol. The Morgan fingerprint density at radius 3 is 1.20 bits per heavy atom. The van der Waals surface area contributed by atoms with Crippen LogP contribution in [0, 0.1) is 10.8 Å². The molecule has 2 N–H and O–H groups in total. The molecule has 24 heteroatoms. The van der Waals surface area contributed by atoms with Gasteiger partial charge in [0.1, 0.15) is 34.9 Å². The minimum atomic E-state index is -4.75. The molecule has 16 nitrogen and oxygen atoms in total. The van der Waals surface area contributed by atoms with Crippen LogP contribution in [0.3, 0.4) is 0 Å². The molecule has 76 heavy (non-hydrogen) atoms. The lowest BCUT2D eigenvalue weighted by Crippen LogP contribution is -2.45. The van der Waals surface area contributed by atoms with Crippen LogP contribution >= 0.6 is 0 Å². The Morgan fingerprint density at radius 1 is 0.566 bits per heavy atom. The molecule has 4 aromatic carbocycles. The first-order valence-corrected chi connectivity index (χ1v) is 26.8. The maximum absolute atomic E-state index is 13.7. The first kappa shape index (κ1) is 57.2. The summed E-state index contributed by atoms with van der Waals surface area (Å²) < 4.78 is 159. The molecule has 0 saturated heterocycles. The Kier molecular flexibility index (Phi) is 15.4. The smallest absolute Gasteiger partial charge is 0.416 e. The fourth-order valence-corrected chi connectivity index (χ4v) is 11.9. The first-order chi connectivity index (χ1) is 35.0. The lowest BCUT2D eigenvalue weighted by atomic mass is 9.97. The molecule has 2 heterocycles. The number of alkyl halides is 6. The highest BCUT2D eigenvalue weighted by Crippen LogP contribution is 2.53. The molecule has 2 aliphatic carbocycles. The number of carboxylic acid groups (broad SMARTS) is 2. The maximum Gasteiger partial charge on any atom is 0.416 e. The van der Waals surface area contributed by atoms with Crippen LogP contribution in [0.2, 0.25) is 0 Å². The highest BCUT2D eigenvalue weighted by Gasteiger charge is 2.54. The second-order valence-corrected chi connectivity index (χ2v) is 25.0. The van der Waals surface area contributed by atoms with Crippen molar-refractivity contribution in [2.75, 3.05) is 21.7 Å². The van der Waals surface area contributed by atoms with Crippen molar-refractivity contribution in [1.82, 2.24) is 0 Å². The van der Waals surface area contributed by atoms with Gasteiger partial charge in [0, 0.05) is 12.8 Å². The third-order valence-electron chi connectivity index (χ3n) is 12.8. The van der Waals surface area contributed by atoms with Crippen LogP contribution in [-0.2, 0) is 73.9 Å². The van der Waals surface area contributed by atoms with Gasteiger partial charge in [-0.3, -0.25) is 27.8 Å². The van der Waals surface area contributed by atoms with Crippen molar-refractivity contribution in [3.63, 3.8) is 0 Å². The van der Waals surface area contributed by atoms with Gasteiger partial charge in [0.15, 0.2) is 0 Å². The van der Waals surface area contributed by atoms with E-state index in [2.05, 4.69) is 0 Å². The summed E-state index contributed by atoms with van der Waals surface area (Å²) in [4.78, 5) is 47.1. The predicted molar refractivity (Wildman–Crippen MR) is 261 cm³/mol. The molecule has 4 aliphatic rings. The molecule has 2 aliphatic heterocycles. The number of hydrogen-bond donors (Lipinski definition) is 2. The Balaban J connectivity index is 0.000000221. The number of nitrogens with zero attached hydrogens (tertiary/aromatic N) is 2. The van der Waals surface area contributed by atoms with Crippen LogP contribution in [0.25, 0.3) is 0 Å². The summed E-state index contributed by atoms with van der Waals surface area (Å²) in [7, 11) is -9.06. The maximum atomic E-state index is 13.7. The number of carbonyl (C=O) groups excluding carboxylic acids is 2. The summed E-state index contributed by atoms with van der Waals surface area (Å²) in [6.07, 6.45) is -9.79. The number of benzene rings is 4. The number of halogens is 6. The molecule has 2 atom stereocenters. The zero-order chi connectivity index (χ0) is 56.2. The zero-order valence-corrected chi connectivity index (χ0v) is 43.7. The van der Waals surface area contributed by atoms with Gasteiger partial charge in [-0.25, -0.2) is 16.8 Å². The second-order valence-electron chi connectivity index (χ2n) is 21.3. The van der Waals surface area contributed by atoms with E-state index in [1.54, 1.807) is 53.7 Å². The van der Waals surface area contributed by atoms with E-state index in [0.29, 0.717) is 48.9 Å². The number of carboxylic acids is 2. The van der Waals surface area contributed by atoms with Gasteiger partial charge in [-0.15, -0.1) is 0 Å². The Morgan fingerprint density at radius 2 is 0.908 bits per heavy atom. The summed E-state index contributed by atoms with van der Waals surface area (Å²) in [6.45, 7) is 9.63. The minimum Gasteiger partial charge on any atom is -0.486 e. The molecule has 0 bridgehead atoms. The molecule has 0 unspecified atom stereocenters. The van der Waals surface area contributed by atoms with E-state index < -0.39 is 111 Å². The molecule has 0 aromatic heterocycles. The number of carbonyl (C=O) groups is 4. The number of aliphatic carboxylic acids is 2. The van der Waals surface area contributed by atoms with Crippen molar-refractivity contribution < 1.29 is 91.5 Å². The summed E-state index contributed by atoms with van der Waals surface area (Å²) in [5, 5.41) is 19.2. The van der Waals surface area contributed by atoms with Gasteiger partial charge in [-0.1, -0.05) is 24.3 Å². The molecule has 4 aromatic rings. The minimum absolute atomic E-state index is 0.0377. The Hall–Kier alpha value is -6.56. The fraction of sp³-hybridized carbons (Fsp3) is 0.462. The van der Waals surface area contributed by atoms with Crippen LogP contribution in [0.4, 0.5) is 37.7 Å². The lowest BCUT2D eigenvalue weighted by Gasteiger charge is -2.36. The number of fused-ring (bicyclic) bond motifs is 2. The van der Waals surface area contributed by atoms with Crippen molar-refractivity contribution in [2.45, 2.75) is 138 Å². The van der Waals surface area contributed by atoms with Crippen LogP contribution in [-0.4, -0.2) is 87.4 Å². The second kappa shape index (κ2) is 20.4. The summed E-state index contributed by atoms with van der Waals surface area (Å²) in [5.41, 5.74) is -4.85. The van der Waals surface area contributed by atoms with Crippen molar-refractivity contribution in [1.29, 1.82) is 0 Å². The van der Waals surface area contributed by atoms with Gasteiger partial charge in [0.2, 0.25) is 0 Å². The van der Waals surface area contributed by atoms with E-state index >= 15 is 0 Å². The Labute approximate surface area is 435 Å². The average molecular weight is 1110 g/mol. The standard InChI is InChI=1S/2C26H28F3NO7S/c2*1-24(2,3)37-22(31)12-16-7-8-21-20(11-16)30(15-18(36-21)14-25(9-10-25)23(32)33)38(34,35)19-6-4-5-17(13-19)26(27,28)29/h2*4-8,11,13,18H,9-10,12,14-15H2,1-3H3,(H,32,33)/t2*18-/m10/s1. The van der Waals surface area contributed by atoms with Crippen molar-refractivity contribution in [3.05, 3.63) is 107 Å². The largest absolute Gasteiger partial charge is 0.486 e. The van der Waals surface area contributed by atoms with Crippen molar-refractivity contribution in [3.8, 4) is 11.5 Å². The van der Waals surface area contributed by atoms with Crippen molar-refractivity contribution in [2.24, 2.45) is 10.8 Å². The van der Waals surface area contributed by atoms with Gasteiger partial charge in [0.25, 0.3) is 20.0 Å². The number of anilines is 2. The molecule has 0 amide bonds. The van der Waals surface area contributed by atoms with Gasteiger partial charge in [-0.2, -0.15) is 26.3 Å². The first-order valence-electron chi connectivity index (χ1n) is 23.9. The number of esters is 2. The van der Waals surface area contributed by atoms with Gasteiger partial charge >= 0.3 is 36.2 Å². The average Bonchev–Trinajstić information content (AvgIpc) is 4.25. The SMILES string of the molecule is CC(C)(C)OC(=O)Cc1ccc2c(c1)N(S(=O)(=O)c1cccc(C(F)(F)F)c1)C[C@@H](CC1(C(=O)O)CC1)O2.CC(C)(C)OC(=O)Cc1ccc2c(c1)N(S(=O)(=O)c1cccc(C(F)(F)F)c1)C[C@H](CC1(C(=O)O)CC1)O2. The van der Waals surface area contributed by atoms with Crippen LogP contribution in [0.15, 0.2) is 94.7 Å². The number of rotatable bonds is 14. The van der Waals surface area contributed by atoms with E-state index in [-0.39, 0.29) is 61.6 Å². The topological polar surface area (TPSA) is 220 Å². The number of ether oxygens (including phenoxy) is 4. The molecule has 2 saturated carbocycles. The van der Waals surface area contributed by atoms with Crippen LogP contribution in [0.5, 0.6) is 11.5 Å². The van der Waals surface area contributed by atoms with E-state index in [1.807, 2.05) is 0 Å². The number of hydrogen-bond acceptors (Lipinski definition) is 12. The van der Waals surface area contributed by atoms with Gasteiger partial charge in [0.05, 0.1) is 69.1 Å². The quantitative estimate of drug-likeness (QED) is 0.0887. The fourth-order valence-electron chi connectivity index (χ4n) is 8.80. The van der Waals surface area contributed by atoms with E-state index in [4.69, 9.17) is 18.9 Å². The summed E-state index contributed by atoms with van der Waals surface area (Å²) >= 11 is 0. The van der Waals surface area contributed by atoms with Crippen molar-refractivity contribution >= 4 is 55.3 Å². The third-order valence-corrected chi connectivity index (χ3v) is 16.3. The zero-order valence-electron chi connectivity index (χ0n) is 42.1. The lowest BCUT2D eigenvalue weighted by molar-refractivity contribution is -0.155. The van der Waals surface area contributed by atoms with Gasteiger partial charge in [-0.05, 0) is 139 Å². The Bertz CT molecular complexity index is 2930. The molecule has 2 fully saturated rings. The number of sulfonamides is 2. The predicted octanol–water partition coefficient (Wildman–Crippen LogP) is 9.60. The monoisotopic (exact) mass is 1110 g/mol. The van der Waals surface area contributed by atoms with Crippen LogP contribution in [0.1, 0.15) is 102 Å². The molecule has 0 spiro atoms. The summed E-state index contributed by atoms with van der Waals surface area (Å²) in [5.74, 6) is -2.87. The van der Waals surface area contributed by atoms with Gasteiger partial charge < -0.3 is 29.2 Å². The molecular formula is C52H56F6N2O14S2. The third kappa shape index (κ3) is 13.3. The van der Waals surface area contributed by atoms with E-state index in [0.717, 1.165) is 45.0 Å². The highest BCUT2D eigenvalue weighted by molar-refractivity contribution is 7.93. The van der Waals surface area contributed by atoms with E-state index in [9.17, 15) is 72.6 Å². The van der Waals surface area contributed by atoms with Crippen LogP contribution < -0.4 is 18.1 Å². The normalized spacial score (nSPS) is 18.8. The molecule has 412 valence electrons. The molecule has 0 radical (unpaired) electrons. The van der Waals surface area contributed by atoms with E-state index in [1.165, 1.54) is 24.3 Å². The molecule has 8 rings (SSSR count).